The van der Waals surface area contributed by atoms with E-state index in [2.05, 4.69) is 12.2 Å². The van der Waals surface area contributed by atoms with E-state index < -0.39 is 6.10 Å². The first kappa shape index (κ1) is 20.8. The molecule has 2 rings (SSSR count). The van der Waals surface area contributed by atoms with Gasteiger partial charge in [-0.1, -0.05) is 82.9 Å². The molecule has 1 heterocycles. The van der Waals surface area contributed by atoms with Gasteiger partial charge in [-0.25, -0.2) is 4.79 Å². The van der Waals surface area contributed by atoms with Crippen LogP contribution in [0.5, 0.6) is 0 Å². The van der Waals surface area contributed by atoms with Crippen LogP contribution in [0.25, 0.3) is 0 Å². The molecule has 0 radical (unpaired) electrons. The molecule has 0 aromatic heterocycles. The van der Waals surface area contributed by atoms with Gasteiger partial charge < -0.3 is 15.2 Å². The predicted octanol–water partition coefficient (Wildman–Crippen LogP) is 5.06. The number of unbranched alkanes of at least 4 members (excludes halogenated alkanes) is 8. The van der Waals surface area contributed by atoms with Crippen LogP contribution in [-0.4, -0.2) is 29.3 Å². The smallest absolute Gasteiger partial charge is 0.332 e. The van der Waals surface area contributed by atoms with Gasteiger partial charge in [-0.05, 0) is 18.6 Å². The van der Waals surface area contributed by atoms with Gasteiger partial charge in [0, 0.05) is 12.1 Å². The van der Waals surface area contributed by atoms with Crippen molar-refractivity contribution in [2.45, 2.75) is 95.8 Å². The first-order chi connectivity index (χ1) is 12.7. The number of benzene rings is 1. The van der Waals surface area contributed by atoms with Gasteiger partial charge in [0.1, 0.15) is 6.10 Å². The number of nitrogens with one attached hydrogen (secondary N) is 1. The first-order valence-corrected chi connectivity index (χ1v) is 10.4. The fourth-order valence-corrected chi connectivity index (χ4v) is 3.50. The summed E-state index contributed by atoms with van der Waals surface area (Å²) in [5.41, 5.74) is 0.910. The third-order valence-corrected chi connectivity index (χ3v) is 5.13. The molecule has 1 saturated heterocycles. The van der Waals surface area contributed by atoms with E-state index >= 15 is 0 Å². The number of rotatable bonds is 14. The van der Waals surface area contributed by atoms with Crippen molar-refractivity contribution in [2.75, 3.05) is 5.32 Å². The Morgan fingerprint density at radius 3 is 2.23 bits per heavy atom. The van der Waals surface area contributed by atoms with Gasteiger partial charge in [-0.15, -0.1) is 0 Å². The average molecular weight is 362 g/mol. The van der Waals surface area contributed by atoms with Crippen molar-refractivity contribution in [3.05, 3.63) is 30.3 Å². The molecule has 1 aliphatic heterocycles. The topological polar surface area (TPSA) is 58.6 Å². The lowest BCUT2D eigenvalue weighted by Gasteiger charge is -2.37. The lowest BCUT2D eigenvalue weighted by molar-refractivity contribution is -0.174. The summed E-state index contributed by atoms with van der Waals surface area (Å²) in [6.07, 6.45) is 12.2. The zero-order valence-electron chi connectivity index (χ0n) is 16.2. The highest BCUT2D eigenvalue weighted by Gasteiger charge is 2.43. The molecule has 1 aromatic carbocycles. The Morgan fingerprint density at radius 2 is 1.62 bits per heavy atom. The molecule has 0 spiro atoms. The van der Waals surface area contributed by atoms with Crippen LogP contribution in [-0.2, 0) is 9.53 Å². The van der Waals surface area contributed by atoms with Crippen molar-refractivity contribution < 1.29 is 14.6 Å². The second-order valence-corrected chi connectivity index (χ2v) is 7.47. The Balaban J connectivity index is 1.53. The largest absolute Gasteiger partial charge is 0.458 e. The van der Waals surface area contributed by atoms with Gasteiger partial charge in [0.25, 0.3) is 0 Å². The predicted molar refractivity (Wildman–Crippen MR) is 106 cm³/mol. The fraction of sp³-hybridized carbons (Fsp3) is 0.682. The molecule has 0 amide bonds. The van der Waals surface area contributed by atoms with Crippen LogP contribution in [0.15, 0.2) is 30.3 Å². The van der Waals surface area contributed by atoms with Gasteiger partial charge >= 0.3 is 5.97 Å². The van der Waals surface area contributed by atoms with Crippen molar-refractivity contribution in [2.24, 2.45) is 0 Å². The molecule has 26 heavy (non-hydrogen) atoms. The maximum atomic E-state index is 11.7. The first-order valence-electron chi connectivity index (χ1n) is 10.4. The van der Waals surface area contributed by atoms with Crippen LogP contribution in [0.2, 0.25) is 0 Å². The quantitative estimate of drug-likeness (QED) is 0.359. The van der Waals surface area contributed by atoms with Crippen LogP contribution >= 0.6 is 0 Å². The molecule has 146 valence electrons. The number of esters is 1. The number of aliphatic hydroxyl groups excluding tert-OH is 1. The van der Waals surface area contributed by atoms with Crippen molar-refractivity contribution in [3.8, 4) is 0 Å². The molecule has 4 heteroatoms. The van der Waals surface area contributed by atoms with E-state index in [1.54, 1.807) is 0 Å². The van der Waals surface area contributed by atoms with E-state index in [4.69, 9.17) is 4.74 Å². The summed E-state index contributed by atoms with van der Waals surface area (Å²) in [5.74, 6) is -0.228. The van der Waals surface area contributed by atoms with Crippen LogP contribution in [0.1, 0.15) is 77.6 Å². The van der Waals surface area contributed by atoms with Crippen molar-refractivity contribution in [3.63, 3.8) is 0 Å². The summed E-state index contributed by atoms with van der Waals surface area (Å²) in [6.45, 7) is 2.25. The van der Waals surface area contributed by atoms with Crippen molar-refractivity contribution in [1.82, 2.24) is 0 Å². The minimum atomic E-state index is -0.391. The van der Waals surface area contributed by atoms with Gasteiger partial charge in [-0.2, -0.15) is 0 Å². The summed E-state index contributed by atoms with van der Waals surface area (Å²) in [4.78, 5) is 11.7. The summed E-state index contributed by atoms with van der Waals surface area (Å²) >= 11 is 0. The number of aliphatic hydroxyl groups is 1. The Bertz CT molecular complexity index is 505. The second-order valence-electron chi connectivity index (χ2n) is 7.47. The number of hydrogen-bond acceptors (Lipinski definition) is 4. The van der Waals surface area contributed by atoms with E-state index in [9.17, 15) is 9.90 Å². The van der Waals surface area contributed by atoms with Crippen molar-refractivity contribution >= 4 is 11.7 Å². The SMILES string of the molecule is CCCCCCCCCCCC(O)C[C@@H]1OC(=O)[C@H]1Nc1ccccc1. The number of carbonyl (C=O) groups excluding carboxylic acids is 1. The van der Waals surface area contributed by atoms with E-state index in [1.807, 2.05) is 30.3 Å². The Kier molecular flexibility index (Phi) is 9.54. The number of hydrogen-bond donors (Lipinski definition) is 2. The molecule has 1 fully saturated rings. The maximum Gasteiger partial charge on any atom is 0.332 e. The summed E-state index contributed by atoms with van der Waals surface area (Å²) in [5, 5.41) is 13.4. The normalized spacial score (nSPS) is 20.3. The Hall–Kier alpha value is -1.55. The molecule has 2 N–H and O–H groups in total. The highest BCUT2D eigenvalue weighted by molar-refractivity contribution is 5.85. The van der Waals surface area contributed by atoms with Gasteiger partial charge in [0.2, 0.25) is 0 Å². The molecule has 1 aliphatic rings. The number of cyclic esters (lactones) is 1. The van der Waals surface area contributed by atoms with Gasteiger partial charge in [-0.3, -0.25) is 0 Å². The Labute approximate surface area is 158 Å². The highest BCUT2D eigenvalue weighted by atomic mass is 16.6. The lowest BCUT2D eigenvalue weighted by Crippen LogP contribution is -2.55. The third-order valence-electron chi connectivity index (χ3n) is 5.13. The maximum absolute atomic E-state index is 11.7. The molecule has 3 atom stereocenters. The number of anilines is 1. The van der Waals surface area contributed by atoms with Crippen LogP contribution in [0.3, 0.4) is 0 Å². The molecule has 1 aromatic rings. The number of ether oxygens (including phenoxy) is 1. The standard InChI is InChI=1S/C22H35NO3/c1-2-3-4-5-6-7-8-9-13-16-19(24)17-20-21(22(25)26-20)23-18-14-11-10-12-15-18/h10-12,14-15,19-21,23-24H,2-9,13,16-17H2,1H3/t19?,20-,21-/m0/s1. The molecule has 1 unspecified atom stereocenters. The van der Waals surface area contributed by atoms with Gasteiger partial charge in [0.05, 0.1) is 6.10 Å². The fourth-order valence-electron chi connectivity index (χ4n) is 3.50. The Morgan fingerprint density at radius 1 is 1.00 bits per heavy atom. The molecular weight excluding hydrogens is 326 g/mol. The average Bonchev–Trinajstić information content (AvgIpc) is 2.65. The lowest BCUT2D eigenvalue weighted by atomic mass is 9.96. The van der Waals surface area contributed by atoms with E-state index in [-0.39, 0.29) is 18.1 Å². The summed E-state index contributed by atoms with van der Waals surface area (Å²) in [6, 6.07) is 9.33. The number of para-hydroxylation sites is 1. The van der Waals surface area contributed by atoms with Crippen molar-refractivity contribution in [1.29, 1.82) is 0 Å². The van der Waals surface area contributed by atoms with Crippen LogP contribution in [0.4, 0.5) is 5.69 Å². The minimum Gasteiger partial charge on any atom is -0.458 e. The molecular formula is C22H35NO3. The van der Waals surface area contributed by atoms with Crippen LogP contribution < -0.4 is 5.32 Å². The summed E-state index contributed by atoms with van der Waals surface area (Å²) in [7, 11) is 0. The highest BCUT2D eigenvalue weighted by Crippen LogP contribution is 2.25. The monoisotopic (exact) mass is 361 g/mol. The number of carbonyl (C=O) groups is 1. The molecule has 0 bridgehead atoms. The molecule has 0 aliphatic carbocycles. The minimum absolute atomic E-state index is 0.226. The van der Waals surface area contributed by atoms with Crippen LogP contribution in [0, 0.1) is 0 Å². The second kappa shape index (κ2) is 11.9. The summed E-state index contributed by atoms with van der Waals surface area (Å²) < 4.78 is 5.22. The van der Waals surface area contributed by atoms with E-state index in [1.165, 1.54) is 51.4 Å². The van der Waals surface area contributed by atoms with E-state index in [0.29, 0.717) is 6.42 Å². The zero-order chi connectivity index (χ0) is 18.6. The zero-order valence-corrected chi connectivity index (χ0v) is 16.2. The third kappa shape index (κ3) is 7.36. The van der Waals surface area contributed by atoms with E-state index in [0.717, 1.165) is 18.5 Å². The molecule has 4 nitrogen and oxygen atoms in total. The van der Waals surface area contributed by atoms with Gasteiger partial charge in [0.15, 0.2) is 6.04 Å². The molecule has 0 saturated carbocycles.